The highest BCUT2D eigenvalue weighted by Gasteiger charge is 2.37. The van der Waals surface area contributed by atoms with Crippen LogP contribution in [0.15, 0.2) is 59.8 Å². The summed E-state index contributed by atoms with van der Waals surface area (Å²) in [5, 5.41) is 12.0. The first-order valence-electron chi connectivity index (χ1n) is 9.71. The topological polar surface area (TPSA) is 105 Å². The lowest BCUT2D eigenvalue weighted by atomic mass is 9.94. The van der Waals surface area contributed by atoms with Crippen LogP contribution in [0.4, 0.5) is 10.5 Å². The molecule has 2 aromatic rings. The van der Waals surface area contributed by atoms with Crippen molar-refractivity contribution in [2.45, 2.75) is 19.9 Å². The number of hydrogen-bond acceptors (Lipinski definition) is 5. The molecule has 1 aliphatic rings. The minimum Gasteiger partial charge on any atom is -0.478 e. The Morgan fingerprint density at radius 2 is 1.68 bits per heavy atom. The molecule has 0 bridgehead atoms. The number of nitrogens with one attached hydrogen (secondary N) is 1. The van der Waals surface area contributed by atoms with Gasteiger partial charge in [-0.25, -0.2) is 14.4 Å². The Balaban J connectivity index is 2.04. The zero-order chi connectivity index (χ0) is 22.5. The van der Waals surface area contributed by atoms with Gasteiger partial charge in [0, 0.05) is 12.8 Å². The predicted molar refractivity (Wildman–Crippen MR) is 114 cm³/mol. The molecule has 1 atom stereocenters. The van der Waals surface area contributed by atoms with Crippen LogP contribution in [0.2, 0.25) is 0 Å². The van der Waals surface area contributed by atoms with Crippen molar-refractivity contribution in [3.8, 4) is 0 Å². The minimum absolute atomic E-state index is 0.0774. The molecule has 2 N–H and O–H groups in total. The number of carbonyl (C=O) groups excluding carboxylic acids is 2. The Labute approximate surface area is 180 Å². The molecule has 0 radical (unpaired) electrons. The molecule has 162 valence electrons. The van der Waals surface area contributed by atoms with E-state index in [1.807, 2.05) is 31.2 Å². The Kier molecular flexibility index (Phi) is 6.71. The Morgan fingerprint density at radius 3 is 2.26 bits per heavy atom. The van der Waals surface area contributed by atoms with Crippen molar-refractivity contribution in [1.29, 1.82) is 0 Å². The second kappa shape index (κ2) is 9.44. The van der Waals surface area contributed by atoms with Gasteiger partial charge < -0.3 is 19.9 Å². The summed E-state index contributed by atoms with van der Waals surface area (Å²) in [6.45, 7) is 3.94. The lowest BCUT2D eigenvalue weighted by molar-refractivity contribution is -0.140. The molecule has 0 aromatic heterocycles. The fraction of sp³-hybridized carbons (Fsp3) is 0.261. The SMILES string of the molecule is COCCOC(=O)C1=C(C)N(c2ccc(C(=O)O)cc2)C(=O)NC1c1ccc(C)cc1. The van der Waals surface area contributed by atoms with E-state index in [0.717, 1.165) is 11.1 Å². The van der Waals surface area contributed by atoms with Crippen LogP contribution in [-0.4, -0.2) is 43.4 Å². The van der Waals surface area contributed by atoms with E-state index in [4.69, 9.17) is 14.6 Å². The summed E-state index contributed by atoms with van der Waals surface area (Å²) in [5.74, 6) is -1.63. The Morgan fingerprint density at radius 1 is 1.03 bits per heavy atom. The monoisotopic (exact) mass is 424 g/mol. The van der Waals surface area contributed by atoms with Crippen LogP contribution < -0.4 is 10.2 Å². The zero-order valence-corrected chi connectivity index (χ0v) is 17.5. The maximum atomic E-state index is 13.0. The van der Waals surface area contributed by atoms with E-state index in [9.17, 15) is 14.4 Å². The van der Waals surface area contributed by atoms with Crippen LogP contribution in [0.25, 0.3) is 0 Å². The summed E-state index contributed by atoms with van der Waals surface area (Å²) in [4.78, 5) is 38.4. The number of carboxylic acid groups (broad SMARTS) is 1. The summed E-state index contributed by atoms with van der Waals surface area (Å²) in [7, 11) is 1.51. The van der Waals surface area contributed by atoms with Crippen LogP contribution in [0.1, 0.15) is 34.5 Å². The fourth-order valence-electron chi connectivity index (χ4n) is 3.38. The van der Waals surface area contributed by atoms with Gasteiger partial charge in [-0.3, -0.25) is 4.90 Å². The van der Waals surface area contributed by atoms with Gasteiger partial charge in [0.1, 0.15) is 6.61 Å². The van der Waals surface area contributed by atoms with Crippen molar-refractivity contribution < 1.29 is 29.0 Å². The lowest BCUT2D eigenvalue weighted by Crippen LogP contribution is -2.48. The molecule has 1 heterocycles. The number of urea groups is 1. The Bertz CT molecular complexity index is 1010. The number of methoxy groups -OCH3 is 1. The second-order valence-electron chi connectivity index (χ2n) is 7.11. The van der Waals surface area contributed by atoms with E-state index < -0.39 is 24.0 Å². The minimum atomic E-state index is -1.07. The van der Waals surface area contributed by atoms with Gasteiger partial charge in [-0.05, 0) is 43.7 Å². The third kappa shape index (κ3) is 4.75. The molecule has 2 amide bonds. The first-order chi connectivity index (χ1) is 14.8. The molecular weight excluding hydrogens is 400 g/mol. The number of benzene rings is 2. The highest BCUT2D eigenvalue weighted by atomic mass is 16.6. The number of carboxylic acids is 1. The lowest BCUT2D eigenvalue weighted by Gasteiger charge is -2.35. The average molecular weight is 424 g/mol. The summed E-state index contributed by atoms with van der Waals surface area (Å²) in [6, 6.07) is 12.3. The predicted octanol–water partition coefficient (Wildman–Crippen LogP) is 3.43. The van der Waals surface area contributed by atoms with Crippen molar-refractivity contribution >= 4 is 23.7 Å². The average Bonchev–Trinajstić information content (AvgIpc) is 2.74. The number of carbonyl (C=O) groups is 3. The molecule has 1 aliphatic heterocycles. The highest BCUT2D eigenvalue weighted by molar-refractivity contribution is 6.03. The van der Waals surface area contributed by atoms with E-state index in [1.54, 1.807) is 6.92 Å². The van der Waals surface area contributed by atoms with Gasteiger partial charge in [0.15, 0.2) is 0 Å². The van der Waals surface area contributed by atoms with Crippen molar-refractivity contribution in [3.05, 3.63) is 76.5 Å². The van der Waals surface area contributed by atoms with Gasteiger partial charge in [-0.2, -0.15) is 0 Å². The van der Waals surface area contributed by atoms with E-state index in [1.165, 1.54) is 36.3 Å². The molecule has 8 heteroatoms. The molecule has 0 aliphatic carbocycles. The second-order valence-corrected chi connectivity index (χ2v) is 7.11. The molecular formula is C23H24N2O6. The molecule has 0 saturated carbocycles. The van der Waals surface area contributed by atoms with Crippen molar-refractivity contribution in [2.75, 3.05) is 25.2 Å². The third-order valence-electron chi connectivity index (χ3n) is 5.01. The zero-order valence-electron chi connectivity index (χ0n) is 17.5. The third-order valence-corrected chi connectivity index (χ3v) is 5.01. The summed E-state index contributed by atoms with van der Waals surface area (Å²) >= 11 is 0. The molecule has 0 fully saturated rings. The standard InChI is InChI=1S/C23H24N2O6/c1-14-4-6-16(7-5-14)20-19(22(28)31-13-12-30-3)15(2)25(23(29)24-20)18-10-8-17(9-11-18)21(26)27/h4-11,20H,12-13H2,1-3H3,(H,24,29)(H,26,27). The van der Waals surface area contributed by atoms with E-state index in [2.05, 4.69) is 5.32 Å². The number of aromatic carboxylic acids is 1. The number of amides is 2. The molecule has 8 nitrogen and oxygen atoms in total. The number of aryl methyl sites for hydroxylation is 1. The van der Waals surface area contributed by atoms with Crippen LogP contribution in [0.3, 0.4) is 0 Å². The number of esters is 1. The molecule has 0 spiro atoms. The first kappa shape index (κ1) is 22.0. The van der Waals surface area contributed by atoms with E-state index >= 15 is 0 Å². The number of nitrogens with zero attached hydrogens (tertiary/aromatic N) is 1. The van der Waals surface area contributed by atoms with E-state index in [-0.39, 0.29) is 18.8 Å². The summed E-state index contributed by atoms with van der Waals surface area (Å²) < 4.78 is 10.3. The summed E-state index contributed by atoms with van der Waals surface area (Å²) in [5.41, 5.74) is 3.03. The van der Waals surface area contributed by atoms with Gasteiger partial charge in [-0.15, -0.1) is 0 Å². The number of hydrogen-bond donors (Lipinski definition) is 2. The van der Waals surface area contributed by atoms with Gasteiger partial charge in [-0.1, -0.05) is 29.8 Å². The van der Waals surface area contributed by atoms with Gasteiger partial charge in [0.2, 0.25) is 0 Å². The Hall–Kier alpha value is -3.65. The van der Waals surface area contributed by atoms with Crippen molar-refractivity contribution in [3.63, 3.8) is 0 Å². The number of allylic oxidation sites excluding steroid dienone is 1. The molecule has 3 rings (SSSR count). The van der Waals surface area contributed by atoms with Crippen LogP contribution >= 0.6 is 0 Å². The van der Waals surface area contributed by atoms with Gasteiger partial charge in [0.25, 0.3) is 0 Å². The van der Waals surface area contributed by atoms with Gasteiger partial charge in [0.05, 0.1) is 29.5 Å². The molecule has 1 unspecified atom stereocenters. The van der Waals surface area contributed by atoms with Crippen LogP contribution in [0, 0.1) is 6.92 Å². The molecule has 0 saturated heterocycles. The van der Waals surface area contributed by atoms with Crippen LogP contribution in [-0.2, 0) is 14.3 Å². The largest absolute Gasteiger partial charge is 0.478 e. The molecule has 31 heavy (non-hydrogen) atoms. The number of anilines is 1. The fourth-order valence-corrected chi connectivity index (χ4v) is 3.38. The quantitative estimate of drug-likeness (QED) is 0.521. The maximum Gasteiger partial charge on any atom is 0.338 e. The molecule has 2 aromatic carbocycles. The normalized spacial score (nSPS) is 16.2. The van der Waals surface area contributed by atoms with Gasteiger partial charge >= 0.3 is 18.0 Å². The smallest absolute Gasteiger partial charge is 0.338 e. The first-order valence-corrected chi connectivity index (χ1v) is 9.71. The summed E-state index contributed by atoms with van der Waals surface area (Å²) in [6.07, 6.45) is 0. The van der Waals surface area contributed by atoms with Crippen LogP contribution in [0.5, 0.6) is 0 Å². The number of rotatable bonds is 7. The van der Waals surface area contributed by atoms with E-state index in [0.29, 0.717) is 17.0 Å². The maximum absolute atomic E-state index is 13.0. The van der Waals surface area contributed by atoms with Crippen molar-refractivity contribution in [1.82, 2.24) is 5.32 Å². The highest BCUT2D eigenvalue weighted by Crippen LogP contribution is 2.34. The number of ether oxygens (including phenoxy) is 2. The van der Waals surface area contributed by atoms with Crippen molar-refractivity contribution in [2.24, 2.45) is 0 Å².